The third kappa shape index (κ3) is 45.7. The van der Waals surface area contributed by atoms with E-state index in [9.17, 15) is 19.5 Å². The number of rotatable bonds is 47. The summed E-state index contributed by atoms with van der Waals surface area (Å²) in [6.45, 7) is 4.62. The predicted octanol–water partition coefficient (Wildman–Crippen LogP) is 15.5. The standard InChI is InChI=1S/C57H99NO7/c1-6-8-10-12-14-16-18-20-22-24-26-27-28-30-32-34-36-38-40-42-44-46-48-56(60)65-53(51-63-50-49-54(57(61)62)58(3,4)5)52-64-55(59)47-45-43-41-39-37-35-33-31-29-25-23-21-19-17-15-13-11-9-7-2/h8,10,14,16,20,22,25-27,29-30,32,53-54H,6-7,9,11-13,15,17-19,21,23-24,28,31,33-52H2,1-5H3/p+1/b10-8+,16-14+,22-20+,27-26+,29-25+,32-30+. The van der Waals surface area contributed by atoms with Crippen molar-refractivity contribution in [3.63, 3.8) is 0 Å². The summed E-state index contributed by atoms with van der Waals surface area (Å²) in [5, 5.41) is 9.66. The minimum Gasteiger partial charge on any atom is -0.477 e. The number of carbonyl (C=O) groups is 3. The van der Waals surface area contributed by atoms with Gasteiger partial charge in [0, 0.05) is 19.3 Å². The van der Waals surface area contributed by atoms with Crippen molar-refractivity contribution in [2.45, 2.75) is 231 Å². The van der Waals surface area contributed by atoms with Crippen molar-refractivity contribution in [3.8, 4) is 0 Å². The average molecular weight is 911 g/mol. The molecule has 0 amide bonds. The number of carbonyl (C=O) groups excluding carboxylic acids is 2. The molecule has 0 bridgehead atoms. The van der Waals surface area contributed by atoms with Gasteiger partial charge in [0.25, 0.3) is 0 Å². The van der Waals surface area contributed by atoms with Crippen LogP contribution in [-0.4, -0.2) is 80.6 Å². The van der Waals surface area contributed by atoms with Gasteiger partial charge in [0.1, 0.15) is 6.61 Å². The molecule has 2 atom stereocenters. The summed E-state index contributed by atoms with van der Waals surface area (Å²) in [6.07, 6.45) is 60.9. The first kappa shape index (κ1) is 61.8. The van der Waals surface area contributed by atoms with Gasteiger partial charge in [0.2, 0.25) is 0 Å². The summed E-state index contributed by atoms with van der Waals surface area (Å²) in [7, 11) is 5.53. The van der Waals surface area contributed by atoms with Crippen LogP contribution in [0, 0.1) is 0 Å². The number of carboxylic acids is 1. The number of allylic oxidation sites excluding steroid dienone is 12. The van der Waals surface area contributed by atoms with Crippen LogP contribution in [-0.2, 0) is 28.6 Å². The number of quaternary nitrogens is 1. The molecule has 0 aromatic rings. The van der Waals surface area contributed by atoms with E-state index in [1.165, 1.54) is 103 Å². The fourth-order valence-electron chi connectivity index (χ4n) is 7.53. The summed E-state index contributed by atoms with van der Waals surface area (Å²) in [6, 6.07) is -0.622. The second kappa shape index (κ2) is 47.3. The second-order valence-electron chi connectivity index (χ2n) is 18.7. The molecule has 0 saturated heterocycles. The van der Waals surface area contributed by atoms with Crippen molar-refractivity contribution < 1.29 is 38.2 Å². The van der Waals surface area contributed by atoms with E-state index in [4.69, 9.17) is 14.2 Å². The SMILES string of the molecule is CC/C=C/C/C=C/C/C=C/C/C=C/C/C=C/CCCCCCCCC(=O)OC(COCCC(C(=O)O)[N+](C)(C)C)COC(=O)CCCCCCCCC/C=C/CCCCCCCCCC. The molecule has 374 valence electrons. The number of likely N-dealkylation sites (N-methyl/N-ethyl adjacent to an activating group) is 1. The van der Waals surface area contributed by atoms with Crippen LogP contribution in [0.2, 0.25) is 0 Å². The Morgan fingerprint density at radius 3 is 1.29 bits per heavy atom. The fraction of sp³-hybridized carbons (Fsp3) is 0.737. The maximum atomic E-state index is 12.8. The molecular weight excluding hydrogens is 811 g/mol. The first-order valence-corrected chi connectivity index (χ1v) is 26.5. The molecule has 0 radical (unpaired) electrons. The molecule has 0 fully saturated rings. The number of hydrogen-bond acceptors (Lipinski definition) is 6. The van der Waals surface area contributed by atoms with E-state index >= 15 is 0 Å². The highest BCUT2D eigenvalue weighted by molar-refractivity contribution is 5.72. The van der Waals surface area contributed by atoms with E-state index in [2.05, 4.69) is 86.8 Å². The Hall–Kier alpha value is -3.23. The third-order valence-electron chi connectivity index (χ3n) is 11.6. The highest BCUT2D eigenvalue weighted by Crippen LogP contribution is 2.15. The molecule has 2 unspecified atom stereocenters. The van der Waals surface area contributed by atoms with Gasteiger partial charge in [-0.2, -0.15) is 0 Å². The van der Waals surface area contributed by atoms with Gasteiger partial charge >= 0.3 is 17.9 Å². The largest absolute Gasteiger partial charge is 0.477 e. The lowest BCUT2D eigenvalue weighted by atomic mass is 10.1. The summed E-state index contributed by atoms with van der Waals surface area (Å²) >= 11 is 0. The lowest BCUT2D eigenvalue weighted by molar-refractivity contribution is -0.887. The van der Waals surface area contributed by atoms with Crippen molar-refractivity contribution in [1.82, 2.24) is 0 Å². The van der Waals surface area contributed by atoms with Crippen LogP contribution in [0.3, 0.4) is 0 Å². The molecule has 0 saturated carbocycles. The third-order valence-corrected chi connectivity index (χ3v) is 11.6. The van der Waals surface area contributed by atoms with Crippen molar-refractivity contribution in [2.75, 3.05) is 41.0 Å². The number of carboxylic acid groups (broad SMARTS) is 1. The van der Waals surface area contributed by atoms with E-state index in [0.717, 1.165) is 83.5 Å². The highest BCUT2D eigenvalue weighted by Gasteiger charge is 2.31. The van der Waals surface area contributed by atoms with E-state index in [-0.39, 0.29) is 36.2 Å². The summed E-state index contributed by atoms with van der Waals surface area (Å²) in [5.74, 6) is -1.49. The Balaban J connectivity index is 4.28. The maximum absolute atomic E-state index is 12.8. The maximum Gasteiger partial charge on any atom is 0.362 e. The first-order valence-electron chi connectivity index (χ1n) is 26.5. The van der Waals surface area contributed by atoms with Crippen LogP contribution in [0.1, 0.15) is 219 Å². The Labute approximate surface area is 400 Å². The van der Waals surface area contributed by atoms with Gasteiger partial charge in [0.05, 0.1) is 34.4 Å². The van der Waals surface area contributed by atoms with Gasteiger partial charge in [-0.15, -0.1) is 0 Å². The van der Waals surface area contributed by atoms with Crippen molar-refractivity contribution in [2.24, 2.45) is 0 Å². The van der Waals surface area contributed by atoms with Crippen LogP contribution in [0.4, 0.5) is 0 Å². The Morgan fingerprint density at radius 2 is 0.862 bits per heavy atom. The zero-order chi connectivity index (χ0) is 47.7. The zero-order valence-electron chi connectivity index (χ0n) is 42.7. The number of aliphatic carboxylic acids is 1. The quantitative estimate of drug-likeness (QED) is 0.0281. The van der Waals surface area contributed by atoms with Crippen LogP contribution in [0.25, 0.3) is 0 Å². The predicted molar refractivity (Wildman–Crippen MR) is 275 cm³/mol. The van der Waals surface area contributed by atoms with Gasteiger partial charge in [-0.05, 0) is 83.5 Å². The number of ether oxygens (including phenoxy) is 3. The number of nitrogens with zero attached hydrogens (tertiary/aromatic N) is 1. The molecule has 8 heteroatoms. The van der Waals surface area contributed by atoms with Gasteiger partial charge in [0.15, 0.2) is 12.1 Å². The topological polar surface area (TPSA) is 99.1 Å². The minimum absolute atomic E-state index is 0.0510. The molecular formula is C57H100NO7+. The van der Waals surface area contributed by atoms with Crippen molar-refractivity contribution in [1.29, 1.82) is 0 Å². The van der Waals surface area contributed by atoms with E-state index in [1.54, 1.807) is 0 Å². The van der Waals surface area contributed by atoms with Crippen LogP contribution < -0.4 is 0 Å². The van der Waals surface area contributed by atoms with Gasteiger partial charge in [-0.1, -0.05) is 189 Å². The molecule has 8 nitrogen and oxygen atoms in total. The van der Waals surface area contributed by atoms with Crippen LogP contribution in [0.5, 0.6) is 0 Å². The summed E-state index contributed by atoms with van der Waals surface area (Å²) in [4.78, 5) is 37.2. The molecule has 0 spiro atoms. The Morgan fingerprint density at radius 1 is 0.477 bits per heavy atom. The van der Waals surface area contributed by atoms with Crippen molar-refractivity contribution in [3.05, 3.63) is 72.9 Å². The molecule has 0 rings (SSSR count). The lowest BCUT2D eigenvalue weighted by Gasteiger charge is -2.31. The van der Waals surface area contributed by atoms with E-state index < -0.39 is 18.1 Å². The molecule has 0 aliphatic carbocycles. The zero-order valence-corrected chi connectivity index (χ0v) is 42.7. The molecule has 0 aliphatic rings. The summed E-state index contributed by atoms with van der Waals surface area (Å²) < 4.78 is 17.4. The average Bonchev–Trinajstić information content (AvgIpc) is 3.27. The Bertz CT molecular complexity index is 1290. The normalized spacial score (nSPS) is 13.4. The minimum atomic E-state index is -0.879. The molecule has 0 aromatic carbocycles. The number of hydrogen-bond donors (Lipinski definition) is 1. The lowest BCUT2D eigenvalue weighted by Crippen LogP contribution is -2.50. The monoisotopic (exact) mass is 911 g/mol. The smallest absolute Gasteiger partial charge is 0.362 e. The van der Waals surface area contributed by atoms with E-state index in [0.29, 0.717) is 19.3 Å². The highest BCUT2D eigenvalue weighted by atomic mass is 16.6. The first-order chi connectivity index (χ1) is 31.6. The van der Waals surface area contributed by atoms with Gasteiger partial charge in [-0.25, -0.2) is 4.79 Å². The molecule has 1 N–H and O–H groups in total. The number of unbranched alkanes of at least 4 members (excludes halogenated alkanes) is 21. The van der Waals surface area contributed by atoms with Gasteiger partial charge in [-0.3, -0.25) is 9.59 Å². The van der Waals surface area contributed by atoms with Crippen LogP contribution in [0.15, 0.2) is 72.9 Å². The van der Waals surface area contributed by atoms with Crippen LogP contribution >= 0.6 is 0 Å². The number of esters is 2. The molecule has 0 aliphatic heterocycles. The van der Waals surface area contributed by atoms with Crippen molar-refractivity contribution >= 4 is 17.9 Å². The van der Waals surface area contributed by atoms with E-state index in [1.807, 2.05) is 21.1 Å². The molecule has 65 heavy (non-hydrogen) atoms. The molecule has 0 heterocycles. The fourth-order valence-corrected chi connectivity index (χ4v) is 7.53. The second-order valence-corrected chi connectivity index (χ2v) is 18.7. The summed E-state index contributed by atoms with van der Waals surface area (Å²) in [5.41, 5.74) is 0. The van der Waals surface area contributed by atoms with Gasteiger partial charge < -0.3 is 23.8 Å². The Kier molecular flexibility index (Phi) is 44.9. The molecule has 0 aromatic heterocycles.